The predicted octanol–water partition coefficient (Wildman–Crippen LogP) is 12.7. The van der Waals surface area contributed by atoms with E-state index in [1.165, 1.54) is 5.39 Å². The summed E-state index contributed by atoms with van der Waals surface area (Å²) in [6.07, 6.45) is 0. The van der Waals surface area contributed by atoms with Gasteiger partial charge in [0.25, 0.3) is 0 Å². The molecule has 0 amide bonds. The number of fused-ring (bicyclic) bond motifs is 9. The minimum atomic E-state index is 0.475. The minimum absolute atomic E-state index is 0.475. The largest absolute Gasteiger partial charge is 0.456 e. The molecule has 0 N–H and O–H groups in total. The quantitative estimate of drug-likeness (QED) is 0.174. The van der Waals surface area contributed by atoms with Crippen molar-refractivity contribution in [3.05, 3.63) is 170 Å². The zero-order valence-corrected chi connectivity index (χ0v) is 31.0. The molecule has 0 aliphatic heterocycles. The Hall–Kier alpha value is -7.55. The second-order valence-electron chi connectivity index (χ2n) is 14.0. The van der Waals surface area contributed by atoms with Crippen LogP contribution in [0.1, 0.15) is 0 Å². The van der Waals surface area contributed by atoms with E-state index in [4.69, 9.17) is 29.3 Å². The summed E-state index contributed by atoms with van der Waals surface area (Å²) in [4.78, 5) is 26.3. The molecule has 0 saturated carbocycles. The number of thiophene rings is 1. The van der Waals surface area contributed by atoms with Crippen LogP contribution in [0.15, 0.2) is 174 Å². The Morgan fingerprint density at radius 2 is 1.11 bits per heavy atom. The van der Waals surface area contributed by atoms with Gasteiger partial charge in [0.15, 0.2) is 23.3 Å². The molecule has 0 bridgehead atoms. The molecule has 0 aliphatic rings. The Balaban J connectivity index is 1.14. The molecule has 0 fully saturated rings. The summed E-state index contributed by atoms with van der Waals surface area (Å²) < 4.78 is 10.6. The van der Waals surface area contributed by atoms with Crippen molar-refractivity contribution in [1.29, 1.82) is 0 Å². The molecule has 0 saturated heterocycles. The number of furan rings is 1. The second kappa shape index (κ2) is 12.5. The van der Waals surface area contributed by atoms with Crippen molar-refractivity contribution >= 4 is 75.4 Å². The first-order chi connectivity index (χ1) is 28.2. The molecule has 12 aromatic rings. The first-order valence-electron chi connectivity index (χ1n) is 18.8. The Morgan fingerprint density at radius 3 is 1.98 bits per heavy atom. The third-order valence-electron chi connectivity index (χ3n) is 10.7. The van der Waals surface area contributed by atoms with Crippen LogP contribution in [0.25, 0.3) is 115 Å². The van der Waals surface area contributed by atoms with E-state index in [0.29, 0.717) is 29.0 Å². The number of benzene rings is 7. The number of hydrogen-bond donors (Lipinski definition) is 0. The smallest absolute Gasteiger partial charge is 0.184 e. The summed E-state index contributed by atoms with van der Waals surface area (Å²) in [5, 5.41) is 5.38. The van der Waals surface area contributed by atoms with Crippen molar-refractivity contribution in [2.24, 2.45) is 0 Å². The number of hydrogen-bond acceptors (Lipinski definition) is 7. The molecule has 266 valence electrons. The van der Waals surface area contributed by atoms with Gasteiger partial charge in [-0.3, -0.25) is 0 Å². The summed E-state index contributed by atoms with van der Waals surface area (Å²) in [5.74, 6) is 2.17. The van der Waals surface area contributed by atoms with Crippen molar-refractivity contribution < 1.29 is 4.42 Å². The third-order valence-corrected chi connectivity index (χ3v) is 11.9. The molecule has 0 unspecified atom stereocenters. The maximum atomic E-state index is 6.29. The van der Waals surface area contributed by atoms with Gasteiger partial charge in [-0.1, -0.05) is 127 Å². The number of nitrogens with zero attached hydrogens (tertiary/aromatic N) is 6. The van der Waals surface area contributed by atoms with E-state index < -0.39 is 0 Å². The van der Waals surface area contributed by atoms with Crippen LogP contribution in [0.2, 0.25) is 0 Å². The molecule has 0 aliphatic carbocycles. The van der Waals surface area contributed by atoms with Gasteiger partial charge >= 0.3 is 0 Å². The second-order valence-corrected chi connectivity index (χ2v) is 15.1. The van der Waals surface area contributed by atoms with Gasteiger partial charge in [-0.25, -0.2) is 24.9 Å². The minimum Gasteiger partial charge on any atom is -0.456 e. The van der Waals surface area contributed by atoms with Crippen molar-refractivity contribution in [1.82, 2.24) is 29.5 Å². The van der Waals surface area contributed by atoms with Crippen LogP contribution in [-0.2, 0) is 0 Å². The highest BCUT2D eigenvalue weighted by Crippen LogP contribution is 2.41. The molecule has 0 spiro atoms. The van der Waals surface area contributed by atoms with Gasteiger partial charge in [-0.2, -0.15) is 0 Å². The van der Waals surface area contributed by atoms with Gasteiger partial charge in [0.1, 0.15) is 16.9 Å². The first kappa shape index (κ1) is 31.8. The Kier molecular flexibility index (Phi) is 6.96. The Morgan fingerprint density at radius 1 is 0.439 bits per heavy atom. The number of aromatic nitrogens is 6. The van der Waals surface area contributed by atoms with Crippen LogP contribution in [0, 0.1) is 0 Å². The number of rotatable bonds is 5. The van der Waals surface area contributed by atoms with Gasteiger partial charge in [-0.05, 0) is 42.5 Å². The highest BCUT2D eigenvalue weighted by Gasteiger charge is 2.23. The van der Waals surface area contributed by atoms with Gasteiger partial charge in [0.05, 0.1) is 21.3 Å². The van der Waals surface area contributed by atoms with Crippen molar-refractivity contribution in [2.45, 2.75) is 0 Å². The highest BCUT2D eigenvalue weighted by molar-refractivity contribution is 7.26. The van der Waals surface area contributed by atoms with Gasteiger partial charge in [0, 0.05) is 54.0 Å². The van der Waals surface area contributed by atoms with Crippen LogP contribution in [-0.4, -0.2) is 29.5 Å². The summed E-state index contributed by atoms with van der Waals surface area (Å²) in [6, 6.07) is 58.1. The molecule has 5 aromatic heterocycles. The molecular formula is C49H28N6OS. The monoisotopic (exact) mass is 748 g/mol. The third kappa shape index (κ3) is 5.01. The van der Waals surface area contributed by atoms with E-state index in [2.05, 4.69) is 108 Å². The maximum Gasteiger partial charge on any atom is 0.184 e. The molecule has 7 nitrogen and oxygen atoms in total. The molecule has 8 heteroatoms. The lowest BCUT2D eigenvalue weighted by Gasteiger charge is -2.11. The standard InChI is InChI=1S/C49H28N6OS/c1-3-14-29(15-4-1)46-52-48(36-21-13-24-40-42(36)34-19-8-11-23-39(34)56-40)54-49(53-46)44-45-43(35-20-9-12-25-41(35)57-45)50-47(51-44)30-26-27-33-32-18-7-10-22-37(32)55(38(33)28-30)31-16-5-2-6-17-31/h1-28H. The van der Waals surface area contributed by atoms with Crippen molar-refractivity contribution in [3.8, 4) is 51.4 Å². The van der Waals surface area contributed by atoms with Gasteiger partial charge in [0.2, 0.25) is 0 Å². The van der Waals surface area contributed by atoms with Gasteiger partial charge in [-0.15, -0.1) is 11.3 Å². The van der Waals surface area contributed by atoms with Crippen LogP contribution in [0.5, 0.6) is 0 Å². The lowest BCUT2D eigenvalue weighted by molar-refractivity contribution is 0.669. The Bertz CT molecular complexity index is 3530. The van der Waals surface area contributed by atoms with Crippen molar-refractivity contribution in [3.63, 3.8) is 0 Å². The van der Waals surface area contributed by atoms with Crippen LogP contribution in [0.4, 0.5) is 0 Å². The average Bonchev–Trinajstić information content (AvgIpc) is 3.96. The van der Waals surface area contributed by atoms with Crippen LogP contribution < -0.4 is 0 Å². The van der Waals surface area contributed by atoms with Crippen molar-refractivity contribution in [2.75, 3.05) is 0 Å². The van der Waals surface area contributed by atoms with E-state index in [9.17, 15) is 0 Å². The van der Waals surface area contributed by atoms with E-state index in [1.807, 2.05) is 66.7 Å². The molecule has 0 atom stereocenters. The molecular weight excluding hydrogens is 721 g/mol. The van der Waals surface area contributed by atoms with E-state index in [1.54, 1.807) is 11.3 Å². The summed E-state index contributed by atoms with van der Waals surface area (Å²) in [7, 11) is 0. The fraction of sp³-hybridized carbons (Fsp3) is 0. The van der Waals surface area contributed by atoms with Crippen LogP contribution in [0.3, 0.4) is 0 Å². The van der Waals surface area contributed by atoms with E-state index in [0.717, 1.165) is 81.0 Å². The lowest BCUT2D eigenvalue weighted by Crippen LogP contribution is -2.03. The molecule has 5 heterocycles. The fourth-order valence-electron chi connectivity index (χ4n) is 8.12. The van der Waals surface area contributed by atoms with Gasteiger partial charge < -0.3 is 8.98 Å². The molecule has 7 aromatic carbocycles. The zero-order chi connectivity index (χ0) is 37.5. The summed E-state index contributed by atoms with van der Waals surface area (Å²) >= 11 is 1.66. The highest BCUT2D eigenvalue weighted by atomic mass is 32.1. The molecule has 57 heavy (non-hydrogen) atoms. The number of para-hydroxylation sites is 3. The summed E-state index contributed by atoms with van der Waals surface area (Å²) in [5.41, 5.74) is 9.06. The zero-order valence-electron chi connectivity index (χ0n) is 30.2. The summed E-state index contributed by atoms with van der Waals surface area (Å²) in [6.45, 7) is 0. The maximum absolute atomic E-state index is 6.29. The topological polar surface area (TPSA) is 82.5 Å². The molecule has 12 rings (SSSR count). The first-order valence-corrected chi connectivity index (χ1v) is 19.6. The predicted molar refractivity (Wildman–Crippen MR) is 232 cm³/mol. The Labute approximate surface area is 329 Å². The van der Waals surface area contributed by atoms with E-state index >= 15 is 0 Å². The lowest BCUT2D eigenvalue weighted by atomic mass is 10.1. The SMILES string of the molecule is c1ccc(-c2nc(-c3nc(-c4ccc5c6ccccc6n(-c6ccccc6)c5c4)nc4c3sc3ccccc34)nc(-c3cccc4oc5ccccc5c34)n2)cc1. The average molecular weight is 749 g/mol. The normalized spacial score (nSPS) is 11.9. The van der Waals surface area contributed by atoms with Crippen LogP contribution >= 0.6 is 11.3 Å². The fourth-order valence-corrected chi connectivity index (χ4v) is 9.24. The molecule has 0 radical (unpaired) electrons. The van der Waals surface area contributed by atoms with E-state index in [-0.39, 0.29) is 0 Å².